The Kier molecular flexibility index (Phi) is 4.98. The van der Waals surface area contributed by atoms with Gasteiger partial charge in [0.05, 0.1) is 17.7 Å². The van der Waals surface area contributed by atoms with Crippen LogP contribution in [0, 0.1) is 5.82 Å². The van der Waals surface area contributed by atoms with Gasteiger partial charge in [0.15, 0.2) is 0 Å². The predicted molar refractivity (Wildman–Crippen MR) is 58.0 cm³/mol. The quantitative estimate of drug-likeness (QED) is 0.603. The van der Waals surface area contributed by atoms with Crippen molar-refractivity contribution in [2.24, 2.45) is 5.84 Å². The Morgan fingerprint density at radius 3 is 2.87 bits per heavy atom. The van der Waals surface area contributed by atoms with Crippen molar-refractivity contribution >= 4 is 11.6 Å². The van der Waals surface area contributed by atoms with Crippen molar-refractivity contribution in [2.45, 2.75) is 13.0 Å². The third-order valence-electron chi connectivity index (χ3n) is 2.04. The lowest BCUT2D eigenvalue weighted by molar-refractivity contribution is 0.123. The summed E-state index contributed by atoms with van der Waals surface area (Å²) in [6, 6.07) is 4.35. The molecule has 1 atom stereocenters. The van der Waals surface area contributed by atoms with Crippen LogP contribution in [0.2, 0.25) is 5.02 Å². The Balaban J connectivity index is 2.78. The molecule has 0 radical (unpaired) electrons. The molecule has 1 aromatic carbocycles. The molecule has 1 unspecified atom stereocenters. The second-order valence-corrected chi connectivity index (χ2v) is 3.46. The SMILES string of the molecule is CCOCC(NN)c1ccc(Cl)c(F)c1. The van der Waals surface area contributed by atoms with Crippen LogP contribution in [0.25, 0.3) is 0 Å². The number of nitrogens with one attached hydrogen (secondary N) is 1. The molecule has 3 nitrogen and oxygen atoms in total. The molecule has 0 aliphatic heterocycles. The fourth-order valence-electron chi connectivity index (χ4n) is 1.21. The molecule has 0 spiro atoms. The first-order valence-corrected chi connectivity index (χ1v) is 5.05. The zero-order valence-electron chi connectivity index (χ0n) is 8.47. The van der Waals surface area contributed by atoms with Gasteiger partial charge < -0.3 is 4.74 Å². The van der Waals surface area contributed by atoms with Gasteiger partial charge in [-0.1, -0.05) is 17.7 Å². The van der Waals surface area contributed by atoms with E-state index in [4.69, 9.17) is 22.2 Å². The first kappa shape index (κ1) is 12.4. The van der Waals surface area contributed by atoms with E-state index in [-0.39, 0.29) is 11.1 Å². The smallest absolute Gasteiger partial charge is 0.142 e. The maximum absolute atomic E-state index is 13.2. The van der Waals surface area contributed by atoms with Crippen LogP contribution >= 0.6 is 11.6 Å². The number of nitrogens with two attached hydrogens (primary N) is 1. The molecule has 15 heavy (non-hydrogen) atoms. The lowest BCUT2D eigenvalue weighted by Crippen LogP contribution is -2.31. The molecule has 5 heteroatoms. The van der Waals surface area contributed by atoms with Crippen molar-refractivity contribution in [2.75, 3.05) is 13.2 Å². The van der Waals surface area contributed by atoms with Crippen LogP contribution < -0.4 is 11.3 Å². The highest BCUT2D eigenvalue weighted by atomic mass is 35.5. The number of ether oxygens (including phenoxy) is 1. The van der Waals surface area contributed by atoms with E-state index in [2.05, 4.69) is 5.43 Å². The third-order valence-corrected chi connectivity index (χ3v) is 2.34. The lowest BCUT2D eigenvalue weighted by Gasteiger charge is -2.16. The Morgan fingerprint density at radius 1 is 1.60 bits per heavy atom. The maximum Gasteiger partial charge on any atom is 0.142 e. The minimum absolute atomic E-state index is 0.103. The highest BCUT2D eigenvalue weighted by Gasteiger charge is 2.11. The van der Waals surface area contributed by atoms with Crippen LogP contribution in [0.3, 0.4) is 0 Å². The largest absolute Gasteiger partial charge is 0.380 e. The summed E-state index contributed by atoms with van der Waals surface area (Å²) in [5.74, 6) is 4.90. The lowest BCUT2D eigenvalue weighted by atomic mass is 10.1. The van der Waals surface area contributed by atoms with Crippen LogP contribution in [0.15, 0.2) is 18.2 Å². The highest BCUT2D eigenvalue weighted by molar-refractivity contribution is 6.30. The first-order valence-electron chi connectivity index (χ1n) is 4.67. The molecule has 0 aliphatic carbocycles. The fraction of sp³-hybridized carbons (Fsp3) is 0.400. The number of hydrogen-bond donors (Lipinski definition) is 2. The molecule has 0 saturated heterocycles. The van der Waals surface area contributed by atoms with Gasteiger partial charge in [0.25, 0.3) is 0 Å². The number of halogens is 2. The van der Waals surface area contributed by atoms with E-state index in [9.17, 15) is 4.39 Å². The normalized spacial score (nSPS) is 12.8. The van der Waals surface area contributed by atoms with Crippen molar-refractivity contribution in [1.29, 1.82) is 0 Å². The summed E-state index contributed by atoms with van der Waals surface area (Å²) in [4.78, 5) is 0. The fourth-order valence-corrected chi connectivity index (χ4v) is 1.32. The molecule has 0 fully saturated rings. The highest BCUT2D eigenvalue weighted by Crippen LogP contribution is 2.20. The molecule has 0 saturated carbocycles. The molecule has 0 aliphatic rings. The molecule has 0 bridgehead atoms. The molecule has 1 rings (SSSR count). The molecule has 84 valence electrons. The minimum atomic E-state index is -0.453. The number of hydrogen-bond acceptors (Lipinski definition) is 3. The van der Waals surface area contributed by atoms with E-state index in [1.54, 1.807) is 6.07 Å². The van der Waals surface area contributed by atoms with Gasteiger partial charge in [-0.15, -0.1) is 0 Å². The van der Waals surface area contributed by atoms with Gasteiger partial charge in [-0.2, -0.15) is 0 Å². The summed E-state index contributed by atoms with van der Waals surface area (Å²) in [7, 11) is 0. The van der Waals surface area contributed by atoms with Gasteiger partial charge >= 0.3 is 0 Å². The summed E-state index contributed by atoms with van der Waals surface area (Å²) in [6.45, 7) is 2.87. The van der Waals surface area contributed by atoms with Crippen molar-refractivity contribution in [3.8, 4) is 0 Å². The second kappa shape index (κ2) is 6.02. The van der Waals surface area contributed by atoms with Crippen molar-refractivity contribution in [3.63, 3.8) is 0 Å². The van der Waals surface area contributed by atoms with E-state index in [1.165, 1.54) is 12.1 Å². The molecule has 0 heterocycles. The standard InChI is InChI=1S/C10H14ClFN2O/c1-2-15-6-10(14-13)7-3-4-8(11)9(12)5-7/h3-5,10,14H,2,6,13H2,1H3. The average Bonchev–Trinajstić information content (AvgIpc) is 2.24. The zero-order valence-corrected chi connectivity index (χ0v) is 9.22. The minimum Gasteiger partial charge on any atom is -0.380 e. The van der Waals surface area contributed by atoms with Gasteiger partial charge in [-0.25, -0.2) is 4.39 Å². The van der Waals surface area contributed by atoms with Crippen molar-refractivity contribution in [3.05, 3.63) is 34.6 Å². The molecule has 0 aromatic heterocycles. The van der Waals surface area contributed by atoms with Crippen molar-refractivity contribution < 1.29 is 9.13 Å². The topological polar surface area (TPSA) is 47.3 Å². The number of hydrazine groups is 1. The van der Waals surface area contributed by atoms with E-state index >= 15 is 0 Å². The molecular weight excluding hydrogens is 219 g/mol. The van der Waals surface area contributed by atoms with Crippen LogP contribution in [0.5, 0.6) is 0 Å². The predicted octanol–water partition coefficient (Wildman–Crippen LogP) is 2.02. The van der Waals surface area contributed by atoms with Crippen LogP contribution in [-0.2, 0) is 4.74 Å². The molecule has 1 aromatic rings. The van der Waals surface area contributed by atoms with E-state index < -0.39 is 5.82 Å². The van der Waals surface area contributed by atoms with Gasteiger partial charge in [0, 0.05) is 6.61 Å². The number of rotatable bonds is 5. The van der Waals surface area contributed by atoms with E-state index in [0.717, 1.165) is 0 Å². The van der Waals surface area contributed by atoms with Gasteiger partial charge in [0.2, 0.25) is 0 Å². The van der Waals surface area contributed by atoms with Crippen LogP contribution in [0.4, 0.5) is 4.39 Å². The molecular formula is C10H14ClFN2O. The second-order valence-electron chi connectivity index (χ2n) is 3.05. The summed E-state index contributed by atoms with van der Waals surface area (Å²) in [5, 5.41) is 0.103. The Labute approximate surface area is 93.3 Å². The van der Waals surface area contributed by atoms with E-state index in [0.29, 0.717) is 18.8 Å². The Morgan fingerprint density at radius 2 is 2.33 bits per heavy atom. The third kappa shape index (κ3) is 3.43. The van der Waals surface area contributed by atoms with Crippen LogP contribution in [-0.4, -0.2) is 13.2 Å². The van der Waals surface area contributed by atoms with Crippen molar-refractivity contribution in [1.82, 2.24) is 5.43 Å². The summed E-state index contributed by atoms with van der Waals surface area (Å²) < 4.78 is 18.4. The molecule has 3 N–H and O–H groups in total. The van der Waals surface area contributed by atoms with E-state index in [1.807, 2.05) is 6.92 Å². The number of benzene rings is 1. The van der Waals surface area contributed by atoms with Gasteiger partial charge in [-0.05, 0) is 24.6 Å². The molecule has 0 amide bonds. The first-order chi connectivity index (χ1) is 7.19. The van der Waals surface area contributed by atoms with Gasteiger partial charge in [0.1, 0.15) is 5.82 Å². The van der Waals surface area contributed by atoms with Gasteiger partial charge in [-0.3, -0.25) is 11.3 Å². The summed E-state index contributed by atoms with van der Waals surface area (Å²) in [6.07, 6.45) is 0. The zero-order chi connectivity index (χ0) is 11.3. The van der Waals surface area contributed by atoms with Crippen LogP contribution in [0.1, 0.15) is 18.5 Å². The Bertz CT molecular complexity index is 322. The monoisotopic (exact) mass is 232 g/mol. The average molecular weight is 233 g/mol. The summed E-state index contributed by atoms with van der Waals surface area (Å²) >= 11 is 5.57. The summed E-state index contributed by atoms with van der Waals surface area (Å²) in [5.41, 5.74) is 3.28. The maximum atomic E-state index is 13.2. The Hall–Kier alpha value is -0.680.